The molecule has 2 aromatic carbocycles. The van der Waals surface area contributed by atoms with Gasteiger partial charge in [0.15, 0.2) is 6.61 Å². The van der Waals surface area contributed by atoms with Crippen LogP contribution < -0.4 is 15.2 Å². The molecule has 0 radical (unpaired) electrons. The van der Waals surface area contributed by atoms with E-state index in [0.29, 0.717) is 6.07 Å². The van der Waals surface area contributed by atoms with Gasteiger partial charge in [0.1, 0.15) is 0 Å². The molecule has 0 fully saturated rings. The van der Waals surface area contributed by atoms with Crippen LogP contribution in [0.15, 0.2) is 58.3 Å². The molecule has 0 atom stereocenters. The van der Waals surface area contributed by atoms with Gasteiger partial charge in [-0.3, -0.25) is 9.59 Å². The first-order valence-corrected chi connectivity index (χ1v) is 12.0. The average Bonchev–Trinajstić information content (AvgIpc) is 2.71. The zero-order chi connectivity index (χ0) is 24.9. The second kappa shape index (κ2) is 10.3. The molecule has 0 saturated heterocycles. The van der Waals surface area contributed by atoms with Gasteiger partial charge < -0.3 is 10.1 Å². The van der Waals surface area contributed by atoms with E-state index in [-0.39, 0.29) is 10.6 Å². The van der Waals surface area contributed by atoms with Gasteiger partial charge in [0.2, 0.25) is 20.0 Å². The predicted octanol–water partition coefficient (Wildman–Crippen LogP) is 1.20. The summed E-state index contributed by atoms with van der Waals surface area (Å²) in [5.41, 5.74) is -1.29. The minimum atomic E-state index is -4.90. The highest BCUT2D eigenvalue weighted by Crippen LogP contribution is 2.33. The van der Waals surface area contributed by atoms with E-state index < -0.39 is 68.1 Å². The lowest BCUT2D eigenvalue weighted by atomic mass is 10.2. The van der Waals surface area contributed by atoms with Crippen LogP contribution >= 0.6 is 0 Å². The number of nitrogens with one attached hydrogen (secondary N) is 2. The zero-order valence-electron chi connectivity index (χ0n) is 16.6. The van der Waals surface area contributed by atoms with Crippen molar-refractivity contribution in [3.63, 3.8) is 0 Å². The number of alkyl halides is 3. The fourth-order valence-corrected chi connectivity index (χ4v) is 4.28. The first-order chi connectivity index (χ1) is 15.2. The molecule has 15 heteroatoms. The van der Waals surface area contributed by atoms with Crippen molar-refractivity contribution >= 4 is 37.6 Å². The lowest BCUT2D eigenvalue weighted by Crippen LogP contribution is -2.29. The molecule has 0 bridgehead atoms. The summed E-state index contributed by atoms with van der Waals surface area (Å²) in [6, 6.07) is 8.53. The molecular weight excluding hydrogens is 491 g/mol. The highest BCUT2D eigenvalue weighted by atomic mass is 32.2. The van der Waals surface area contributed by atoms with Crippen molar-refractivity contribution in [2.75, 3.05) is 18.5 Å². The van der Waals surface area contributed by atoms with Crippen molar-refractivity contribution in [3.05, 3.63) is 54.1 Å². The molecule has 10 nitrogen and oxygen atoms in total. The molecule has 180 valence electrons. The van der Waals surface area contributed by atoms with Crippen molar-refractivity contribution in [1.29, 1.82) is 0 Å². The molecule has 0 heterocycles. The van der Waals surface area contributed by atoms with Crippen molar-refractivity contribution in [2.24, 2.45) is 5.14 Å². The zero-order valence-corrected chi connectivity index (χ0v) is 18.3. The van der Waals surface area contributed by atoms with E-state index in [4.69, 9.17) is 5.14 Å². The fourth-order valence-electron chi connectivity index (χ4n) is 2.47. The van der Waals surface area contributed by atoms with Crippen LogP contribution in [0.2, 0.25) is 0 Å². The lowest BCUT2D eigenvalue weighted by Gasteiger charge is -2.13. The Morgan fingerprint density at radius 1 is 1.00 bits per heavy atom. The van der Waals surface area contributed by atoms with Gasteiger partial charge in [-0.05, 0) is 30.3 Å². The average molecular weight is 509 g/mol. The molecule has 2 rings (SSSR count). The van der Waals surface area contributed by atoms with Crippen LogP contribution in [0.3, 0.4) is 0 Å². The standard InChI is InChI=1S/C18H18F3N3O7S2/c19-18(20,21)14-6-1-2-7-15(14)33(29,30)23-9-8-17(26)31-11-16(25)24-12-4-3-5-13(10-12)32(22,27)28/h1-7,10,23H,8-9,11H2,(H,24,25)(H2,22,27,28). The second-order valence-electron chi connectivity index (χ2n) is 6.42. The monoisotopic (exact) mass is 509 g/mol. The Morgan fingerprint density at radius 3 is 2.30 bits per heavy atom. The minimum Gasteiger partial charge on any atom is -0.456 e. The summed E-state index contributed by atoms with van der Waals surface area (Å²) in [5.74, 6) is -1.83. The summed E-state index contributed by atoms with van der Waals surface area (Å²) in [6.45, 7) is -1.35. The van der Waals surface area contributed by atoms with Crippen LogP contribution in [0.1, 0.15) is 12.0 Å². The van der Waals surface area contributed by atoms with Crippen molar-refractivity contribution in [2.45, 2.75) is 22.4 Å². The SMILES string of the molecule is NS(=O)(=O)c1cccc(NC(=O)COC(=O)CCNS(=O)(=O)c2ccccc2C(F)(F)F)c1. The van der Waals surface area contributed by atoms with E-state index in [9.17, 15) is 39.6 Å². The van der Waals surface area contributed by atoms with Crippen LogP contribution in [0.25, 0.3) is 0 Å². The molecule has 0 aliphatic carbocycles. The number of hydrogen-bond donors (Lipinski definition) is 3. The third kappa shape index (κ3) is 7.81. The largest absolute Gasteiger partial charge is 0.456 e. The quantitative estimate of drug-likeness (QED) is 0.428. The Morgan fingerprint density at radius 2 is 1.67 bits per heavy atom. The molecule has 0 aliphatic heterocycles. The molecule has 33 heavy (non-hydrogen) atoms. The summed E-state index contributed by atoms with van der Waals surface area (Å²) in [5, 5.41) is 7.26. The van der Waals surface area contributed by atoms with Crippen LogP contribution in [-0.2, 0) is 40.5 Å². The van der Waals surface area contributed by atoms with E-state index in [1.807, 2.05) is 4.72 Å². The Labute approximate surface area is 187 Å². The third-order valence-corrected chi connectivity index (χ3v) is 6.34. The lowest BCUT2D eigenvalue weighted by molar-refractivity contribution is -0.147. The normalized spacial score (nSPS) is 12.2. The Bertz CT molecular complexity index is 1250. The molecule has 0 aliphatic rings. The number of ether oxygens (including phenoxy) is 1. The molecule has 2 aromatic rings. The van der Waals surface area contributed by atoms with Gasteiger partial charge in [0.25, 0.3) is 5.91 Å². The fraction of sp³-hybridized carbons (Fsp3) is 0.222. The predicted molar refractivity (Wildman–Crippen MR) is 109 cm³/mol. The van der Waals surface area contributed by atoms with Gasteiger partial charge >= 0.3 is 12.1 Å². The minimum absolute atomic E-state index is 0.0682. The number of primary sulfonamides is 1. The van der Waals surface area contributed by atoms with Gasteiger partial charge in [-0.2, -0.15) is 13.2 Å². The number of halogens is 3. The molecule has 1 amide bonds. The van der Waals surface area contributed by atoms with Gasteiger partial charge in [-0.15, -0.1) is 0 Å². The molecule has 0 saturated carbocycles. The van der Waals surface area contributed by atoms with Gasteiger partial charge in [-0.1, -0.05) is 18.2 Å². The van der Waals surface area contributed by atoms with Crippen molar-refractivity contribution in [1.82, 2.24) is 4.72 Å². The van der Waals surface area contributed by atoms with Gasteiger partial charge in [0.05, 0.1) is 21.8 Å². The Balaban J connectivity index is 1.86. The maximum Gasteiger partial charge on any atom is 0.417 e. The summed E-state index contributed by atoms with van der Waals surface area (Å²) in [7, 11) is -8.57. The topological polar surface area (TPSA) is 162 Å². The Hall–Kier alpha value is -3.01. The molecule has 4 N–H and O–H groups in total. The number of nitrogens with two attached hydrogens (primary N) is 1. The van der Waals surface area contributed by atoms with E-state index in [0.717, 1.165) is 24.3 Å². The number of rotatable bonds is 9. The number of carbonyl (C=O) groups is 2. The second-order valence-corrected chi connectivity index (χ2v) is 9.72. The van der Waals surface area contributed by atoms with Gasteiger partial charge in [-0.25, -0.2) is 26.7 Å². The van der Waals surface area contributed by atoms with E-state index >= 15 is 0 Å². The van der Waals surface area contributed by atoms with E-state index in [2.05, 4.69) is 10.1 Å². The molecule has 0 spiro atoms. The third-order valence-electron chi connectivity index (χ3n) is 3.91. The maximum absolute atomic E-state index is 13.0. The molecular formula is C18H18F3N3O7S2. The van der Waals surface area contributed by atoms with Gasteiger partial charge in [0, 0.05) is 12.2 Å². The number of hydrogen-bond acceptors (Lipinski definition) is 7. The molecule has 0 unspecified atom stereocenters. The van der Waals surface area contributed by atoms with E-state index in [1.54, 1.807) is 0 Å². The smallest absolute Gasteiger partial charge is 0.417 e. The number of sulfonamides is 2. The van der Waals surface area contributed by atoms with Crippen LogP contribution in [0.5, 0.6) is 0 Å². The highest BCUT2D eigenvalue weighted by molar-refractivity contribution is 7.89. The first kappa shape index (κ1) is 26.2. The number of amides is 1. The summed E-state index contributed by atoms with van der Waals surface area (Å²) < 4.78 is 92.5. The van der Waals surface area contributed by atoms with Crippen molar-refractivity contribution < 1.29 is 44.3 Å². The van der Waals surface area contributed by atoms with Crippen LogP contribution in [0, 0.1) is 0 Å². The first-order valence-electron chi connectivity index (χ1n) is 8.94. The van der Waals surface area contributed by atoms with Crippen LogP contribution in [-0.4, -0.2) is 41.9 Å². The number of benzene rings is 2. The summed E-state index contributed by atoms with van der Waals surface area (Å²) in [4.78, 5) is 22.3. The summed E-state index contributed by atoms with van der Waals surface area (Å²) >= 11 is 0. The van der Waals surface area contributed by atoms with Crippen molar-refractivity contribution in [3.8, 4) is 0 Å². The molecule has 0 aromatic heterocycles. The maximum atomic E-state index is 13.0. The summed E-state index contributed by atoms with van der Waals surface area (Å²) in [6.07, 6.45) is -5.47. The van der Waals surface area contributed by atoms with Crippen LogP contribution in [0.4, 0.5) is 18.9 Å². The number of esters is 1. The van der Waals surface area contributed by atoms with E-state index in [1.165, 1.54) is 18.2 Å². The number of anilines is 1. The number of carbonyl (C=O) groups excluding carboxylic acids is 2. The highest BCUT2D eigenvalue weighted by Gasteiger charge is 2.36. The Kier molecular flexibility index (Phi) is 8.18.